The summed E-state index contributed by atoms with van der Waals surface area (Å²) in [5.41, 5.74) is 2.19. The minimum atomic E-state index is -3.73. The van der Waals surface area contributed by atoms with Crippen LogP contribution in [0, 0.1) is 0 Å². The van der Waals surface area contributed by atoms with Gasteiger partial charge >= 0.3 is 29.6 Å². The van der Waals surface area contributed by atoms with Crippen LogP contribution in [0.2, 0.25) is 5.02 Å². The van der Waals surface area contributed by atoms with Gasteiger partial charge in [0.2, 0.25) is 0 Å². The maximum Gasteiger partial charge on any atom is 1.00 e. The number of sulfonamides is 1. The van der Waals surface area contributed by atoms with E-state index in [9.17, 15) is 18.3 Å². The Morgan fingerprint density at radius 1 is 1.10 bits per heavy atom. The molecule has 0 radical (unpaired) electrons. The minimum absolute atomic E-state index is 0. The standard InChI is InChI=1S/C21H25ClN2O4S.Na/c1-24-18-9-6-5-8-16(18)21(23-13-7-3-2-4-10-20(25)26)17-12-11-15(22)14-19(17)29(24,27)28;/h5-6,8-9,11-12,14,21,23H,2-4,7,10,13H2,1H3,(H,25,26);/q;+1/p-1/t21-;/m1./s1. The fourth-order valence-electron chi connectivity index (χ4n) is 3.65. The zero-order valence-electron chi connectivity index (χ0n) is 17.2. The fourth-order valence-corrected chi connectivity index (χ4v) is 5.36. The molecule has 0 aliphatic carbocycles. The molecular weight excluding hydrogens is 435 g/mol. The molecule has 30 heavy (non-hydrogen) atoms. The number of carboxylic acids is 1. The van der Waals surface area contributed by atoms with Gasteiger partial charge in [-0.2, -0.15) is 0 Å². The van der Waals surface area contributed by atoms with Crippen LogP contribution in [0.25, 0.3) is 0 Å². The number of rotatable bonds is 8. The van der Waals surface area contributed by atoms with Gasteiger partial charge in [0.15, 0.2) is 0 Å². The first-order chi connectivity index (χ1) is 13.8. The van der Waals surface area contributed by atoms with Crippen molar-refractivity contribution in [2.24, 2.45) is 0 Å². The second kappa shape index (κ2) is 11.0. The van der Waals surface area contributed by atoms with Crippen LogP contribution in [0.5, 0.6) is 0 Å². The Kier molecular flexibility index (Phi) is 9.21. The number of carbonyl (C=O) groups is 1. The summed E-state index contributed by atoms with van der Waals surface area (Å²) < 4.78 is 27.7. The van der Waals surface area contributed by atoms with Gasteiger partial charge in [-0.05, 0) is 55.1 Å². The van der Waals surface area contributed by atoms with Crippen LogP contribution in [-0.4, -0.2) is 28.0 Å². The smallest absolute Gasteiger partial charge is 0.550 e. The topological polar surface area (TPSA) is 89.5 Å². The summed E-state index contributed by atoms with van der Waals surface area (Å²) in [6.07, 6.45) is 3.26. The van der Waals surface area contributed by atoms with E-state index in [0.29, 0.717) is 29.2 Å². The molecule has 9 heteroatoms. The van der Waals surface area contributed by atoms with E-state index >= 15 is 0 Å². The summed E-state index contributed by atoms with van der Waals surface area (Å²) in [5, 5.41) is 14.3. The summed E-state index contributed by atoms with van der Waals surface area (Å²) in [6.45, 7) is 0.677. The molecule has 6 nitrogen and oxygen atoms in total. The predicted octanol–water partition coefficient (Wildman–Crippen LogP) is -0.138. The van der Waals surface area contributed by atoms with Crippen LogP contribution in [0.3, 0.4) is 0 Å². The molecule has 156 valence electrons. The van der Waals surface area contributed by atoms with Crippen molar-refractivity contribution in [2.75, 3.05) is 17.9 Å². The number of benzene rings is 2. The Hall–Kier alpha value is -1.09. The van der Waals surface area contributed by atoms with Crippen LogP contribution < -0.4 is 44.3 Å². The maximum atomic E-state index is 13.2. The molecule has 0 saturated heterocycles. The number of hydrogen-bond acceptors (Lipinski definition) is 5. The van der Waals surface area contributed by atoms with E-state index in [1.807, 2.05) is 18.2 Å². The number of hydrogen-bond donors (Lipinski definition) is 1. The molecule has 1 aliphatic heterocycles. The van der Waals surface area contributed by atoms with Crippen LogP contribution >= 0.6 is 11.6 Å². The van der Waals surface area contributed by atoms with E-state index in [1.54, 1.807) is 25.2 Å². The summed E-state index contributed by atoms with van der Waals surface area (Å²) in [5.74, 6) is -1.02. The van der Waals surface area contributed by atoms with E-state index < -0.39 is 16.0 Å². The van der Waals surface area contributed by atoms with Gasteiger partial charge in [0.25, 0.3) is 10.0 Å². The monoisotopic (exact) mass is 458 g/mol. The molecule has 0 unspecified atom stereocenters. The van der Waals surface area contributed by atoms with Crippen molar-refractivity contribution >= 4 is 33.3 Å². The molecule has 0 fully saturated rings. The molecule has 1 aliphatic rings. The number of nitrogens with zero attached hydrogens (tertiary/aromatic N) is 1. The van der Waals surface area contributed by atoms with Crippen molar-refractivity contribution < 1.29 is 47.9 Å². The Bertz CT molecular complexity index is 1000. The van der Waals surface area contributed by atoms with E-state index in [-0.39, 0.29) is 46.9 Å². The molecule has 0 saturated carbocycles. The molecule has 1 atom stereocenters. The first kappa shape index (κ1) is 25.2. The van der Waals surface area contributed by atoms with Crippen LogP contribution in [0.1, 0.15) is 49.3 Å². The average molecular weight is 459 g/mol. The molecular formula is C21H24ClN2NaO4S. The third kappa shape index (κ3) is 5.58. The van der Waals surface area contributed by atoms with Gasteiger partial charge < -0.3 is 15.2 Å². The number of fused-ring (bicyclic) bond motifs is 2. The number of para-hydroxylation sites is 1. The zero-order chi connectivity index (χ0) is 21.0. The number of nitrogens with one attached hydrogen (secondary N) is 1. The summed E-state index contributed by atoms with van der Waals surface area (Å²) in [7, 11) is -2.18. The van der Waals surface area contributed by atoms with Gasteiger partial charge in [0, 0.05) is 18.0 Å². The van der Waals surface area contributed by atoms with Crippen molar-refractivity contribution in [1.29, 1.82) is 0 Å². The van der Waals surface area contributed by atoms with E-state index in [4.69, 9.17) is 11.6 Å². The second-order valence-electron chi connectivity index (χ2n) is 7.14. The van der Waals surface area contributed by atoms with Crippen LogP contribution in [0.15, 0.2) is 47.4 Å². The van der Waals surface area contributed by atoms with Gasteiger partial charge in [-0.25, -0.2) is 8.42 Å². The molecule has 3 rings (SSSR count). The Labute approximate surface area is 205 Å². The molecule has 0 spiro atoms. The molecule has 0 aromatic heterocycles. The first-order valence-electron chi connectivity index (χ1n) is 9.63. The van der Waals surface area contributed by atoms with Gasteiger partial charge in [0.05, 0.1) is 16.6 Å². The van der Waals surface area contributed by atoms with Crippen LogP contribution in [-0.2, 0) is 14.8 Å². The van der Waals surface area contributed by atoms with Crippen molar-refractivity contribution in [2.45, 2.75) is 43.0 Å². The first-order valence-corrected chi connectivity index (χ1v) is 11.4. The summed E-state index contributed by atoms with van der Waals surface area (Å²) >= 11 is 6.11. The van der Waals surface area contributed by atoms with Gasteiger partial charge in [0.1, 0.15) is 0 Å². The minimum Gasteiger partial charge on any atom is -0.550 e. The van der Waals surface area contributed by atoms with Gasteiger partial charge in [-0.3, -0.25) is 4.31 Å². The van der Waals surface area contributed by atoms with E-state index in [2.05, 4.69) is 5.32 Å². The third-order valence-electron chi connectivity index (χ3n) is 5.17. The molecule has 1 heterocycles. The number of carboxylic acid groups (broad SMARTS) is 1. The molecule has 0 bridgehead atoms. The normalized spacial score (nSPS) is 16.7. The van der Waals surface area contributed by atoms with Crippen molar-refractivity contribution in [3.05, 3.63) is 58.6 Å². The zero-order valence-corrected chi connectivity index (χ0v) is 20.8. The SMILES string of the molecule is CN1c2ccccc2[C@@H](NCCCCCCC(=O)[O-])c2ccc(Cl)cc2S1(=O)=O.[Na+]. The third-order valence-corrected chi connectivity index (χ3v) is 7.23. The summed E-state index contributed by atoms with van der Waals surface area (Å²) in [4.78, 5) is 10.7. The fraction of sp³-hybridized carbons (Fsp3) is 0.381. The molecule has 1 N–H and O–H groups in total. The Morgan fingerprint density at radius 3 is 2.53 bits per heavy atom. The van der Waals surface area contributed by atoms with Gasteiger partial charge in [-0.15, -0.1) is 0 Å². The number of unbranched alkanes of at least 4 members (excludes halogenated alkanes) is 3. The second-order valence-corrected chi connectivity index (χ2v) is 9.51. The maximum absolute atomic E-state index is 13.2. The van der Waals surface area contributed by atoms with Crippen molar-refractivity contribution in [3.8, 4) is 0 Å². The van der Waals surface area contributed by atoms with Crippen LogP contribution in [0.4, 0.5) is 5.69 Å². The Morgan fingerprint density at radius 2 is 1.80 bits per heavy atom. The number of anilines is 1. The molecule has 0 amide bonds. The number of carbonyl (C=O) groups excluding carboxylic acids is 1. The summed E-state index contributed by atoms with van der Waals surface area (Å²) in [6, 6.07) is 12.1. The van der Waals surface area contributed by atoms with E-state index in [0.717, 1.165) is 24.8 Å². The quantitative estimate of drug-likeness (QED) is 0.439. The number of halogens is 1. The van der Waals surface area contributed by atoms with Crippen molar-refractivity contribution in [3.63, 3.8) is 0 Å². The predicted molar refractivity (Wildman–Crippen MR) is 111 cm³/mol. The van der Waals surface area contributed by atoms with E-state index in [1.165, 1.54) is 10.4 Å². The Balaban J connectivity index is 0.00000320. The molecule has 2 aromatic rings. The number of aliphatic carboxylic acids is 1. The largest absolute Gasteiger partial charge is 1.00 e. The van der Waals surface area contributed by atoms with Gasteiger partial charge in [-0.1, -0.05) is 48.7 Å². The van der Waals surface area contributed by atoms with Crippen molar-refractivity contribution in [1.82, 2.24) is 5.32 Å². The molecule has 2 aromatic carbocycles. The average Bonchev–Trinajstić information content (AvgIpc) is 2.75.